The fraction of sp³-hybridized carbons (Fsp3) is 0.0909. The van der Waals surface area contributed by atoms with Crippen LogP contribution in [0.25, 0.3) is 5.69 Å². The van der Waals surface area contributed by atoms with Crippen molar-refractivity contribution in [3.05, 3.63) is 52.3 Å². The molecule has 0 spiro atoms. The molecule has 7 heteroatoms. The van der Waals surface area contributed by atoms with Gasteiger partial charge in [0.25, 0.3) is 0 Å². The van der Waals surface area contributed by atoms with E-state index < -0.39 is 10.9 Å². The van der Waals surface area contributed by atoms with E-state index in [9.17, 15) is 14.9 Å². The summed E-state index contributed by atoms with van der Waals surface area (Å²) in [5.41, 5.74) is -0.212. The molecule has 7 nitrogen and oxygen atoms in total. The average Bonchev–Trinajstić information content (AvgIpc) is 2.90. The van der Waals surface area contributed by atoms with Gasteiger partial charge in [0.05, 0.1) is 12.0 Å². The number of ether oxygens (including phenoxy) is 1. The standard InChI is InChI=1S/C11H9N3O4/c1-18-11(15)8-4-2-5-9(10(8)14(16)17)13-7-3-6-12-13/h2-7H,1H3. The number of nitrogens with zero attached hydrogens (tertiary/aromatic N) is 3. The molecule has 0 aliphatic rings. The lowest BCUT2D eigenvalue weighted by Gasteiger charge is -2.06. The van der Waals surface area contributed by atoms with Gasteiger partial charge in [0.15, 0.2) is 0 Å². The second-order valence-electron chi connectivity index (χ2n) is 3.37. The molecule has 92 valence electrons. The highest BCUT2D eigenvalue weighted by molar-refractivity contribution is 5.95. The molecule has 18 heavy (non-hydrogen) atoms. The Hall–Kier alpha value is -2.70. The Morgan fingerprint density at radius 3 is 2.78 bits per heavy atom. The van der Waals surface area contributed by atoms with Crippen LogP contribution in [0, 0.1) is 10.1 Å². The minimum Gasteiger partial charge on any atom is -0.465 e. The molecule has 0 bridgehead atoms. The van der Waals surface area contributed by atoms with Crippen LogP contribution in [-0.4, -0.2) is 27.8 Å². The first-order chi connectivity index (χ1) is 8.65. The van der Waals surface area contributed by atoms with Gasteiger partial charge in [-0.1, -0.05) is 6.07 Å². The van der Waals surface area contributed by atoms with Gasteiger partial charge in [-0.05, 0) is 18.2 Å². The summed E-state index contributed by atoms with van der Waals surface area (Å²) in [5.74, 6) is -0.754. The maximum absolute atomic E-state index is 11.5. The van der Waals surface area contributed by atoms with Gasteiger partial charge >= 0.3 is 11.7 Å². The highest BCUT2D eigenvalue weighted by Gasteiger charge is 2.26. The van der Waals surface area contributed by atoms with Crippen LogP contribution in [0.15, 0.2) is 36.7 Å². The Morgan fingerprint density at radius 1 is 1.44 bits per heavy atom. The minimum atomic E-state index is -0.754. The topological polar surface area (TPSA) is 87.3 Å². The van der Waals surface area contributed by atoms with Gasteiger partial charge in [-0.3, -0.25) is 10.1 Å². The third-order valence-electron chi connectivity index (χ3n) is 2.35. The quantitative estimate of drug-likeness (QED) is 0.466. The number of para-hydroxylation sites is 1. The van der Waals surface area contributed by atoms with Gasteiger partial charge in [-0.2, -0.15) is 5.10 Å². The number of nitro benzene ring substituents is 1. The third kappa shape index (κ3) is 1.93. The highest BCUT2D eigenvalue weighted by Crippen LogP contribution is 2.27. The number of methoxy groups -OCH3 is 1. The molecule has 0 unspecified atom stereocenters. The highest BCUT2D eigenvalue weighted by atomic mass is 16.6. The molecule has 0 radical (unpaired) electrons. The summed E-state index contributed by atoms with van der Waals surface area (Å²) >= 11 is 0. The normalized spacial score (nSPS) is 10.1. The number of carbonyl (C=O) groups is 1. The van der Waals surface area contributed by atoms with Gasteiger partial charge in [-0.25, -0.2) is 9.48 Å². The van der Waals surface area contributed by atoms with Crippen molar-refractivity contribution >= 4 is 11.7 Å². The number of rotatable bonds is 3. The van der Waals surface area contributed by atoms with Crippen molar-refractivity contribution in [3.8, 4) is 5.69 Å². The SMILES string of the molecule is COC(=O)c1cccc(-n2cccn2)c1[N+](=O)[O-]. The van der Waals surface area contributed by atoms with Crippen LogP contribution in [0.3, 0.4) is 0 Å². The summed E-state index contributed by atoms with van der Waals surface area (Å²) in [6, 6.07) is 6.03. The number of hydrogen-bond acceptors (Lipinski definition) is 5. The lowest BCUT2D eigenvalue weighted by Crippen LogP contribution is -2.09. The Balaban J connectivity index is 2.68. The second-order valence-corrected chi connectivity index (χ2v) is 3.37. The monoisotopic (exact) mass is 247 g/mol. The van der Waals surface area contributed by atoms with Crippen molar-refractivity contribution in [2.45, 2.75) is 0 Å². The number of aromatic nitrogens is 2. The number of carbonyl (C=O) groups excluding carboxylic acids is 1. The summed E-state index contributed by atoms with van der Waals surface area (Å²) in [7, 11) is 1.17. The molecule has 0 fully saturated rings. The van der Waals surface area contributed by atoms with E-state index in [0.717, 1.165) is 0 Å². The predicted octanol–water partition coefficient (Wildman–Crippen LogP) is 1.57. The van der Waals surface area contributed by atoms with Crippen molar-refractivity contribution in [1.29, 1.82) is 0 Å². The molecule has 2 rings (SSSR count). The van der Waals surface area contributed by atoms with Crippen LogP contribution in [0.2, 0.25) is 0 Å². The van der Waals surface area contributed by atoms with Crippen molar-refractivity contribution in [3.63, 3.8) is 0 Å². The van der Waals surface area contributed by atoms with Crippen LogP contribution >= 0.6 is 0 Å². The first-order valence-corrected chi connectivity index (χ1v) is 5.01. The zero-order chi connectivity index (χ0) is 13.1. The number of esters is 1. The Bertz CT molecular complexity index is 592. The molecule has 0 N–H and O–H groups in total. The lowest BCUT2D eigenvalue weighted by atomic mass is 10.1. The Morgan fingerprint density at radius 2 is 2.22 bits per heavy atom. The molecular weight excluding hydrogens is 238 g/mol. The molecule has 0 saturated heterocycles. The molecule has 0 atom stereocenters. The van der Waals surface area contributed by atoms with Gasteiger partial charge in [0.1, 0.15) is 11.3 Å². The van der Waals surface area contributed by atoms with E-state index in [1.54, 1.807) is 12.3 Å². The second kappa shape index (κ2) is 4.66. The molecule has 0 amide bonds. The molecule has 0 aliphatic heterocycles. The summed E-state index contributed by atoms with van der Waals surface area (Å²) in [4.78, 5) is 22.0. The van der Waals surface area contributed by atoms with E-state index in [4.69, 9.17) is 0 Å². The van der Waals surface area contributed by atoms with E-state index in [0.29, 0.717) is 0 Å². The molecule has 0 aliphatic carbocycles. The van der Waals surface area contributed by atoms with Gasteiger partial charge in [-0.15, -0.1) is 0 Å². The number of hydrogen-bond donors (Lipinski definition) is 0. The fourth-order valence-corrected chi connectivity index (χ4v) is 1.59. The molecule has 1 aromatic heterocycles. The molecule has 0 saturated carbocycles. The maximum atomic E-state index is 11.5. The van der Waals surface area contributed by atoms with Crippen molar-refractivity contribution in [1.82, 2.24) is 9.78 Å². The fourth-order valence-electron chi connectivity index (χ4n) is 1.59. The maximum Gasteiger partial charge on any atom is 0.344 e. The van der Waals surface area contributed by atoms with E-state index in [1.807, 2.05) is 0 Å². The van der Waals surface area contributed by atoms with E-state index in [2.05, 4.69) is 9.84 Å². The van der Waals surface area contributed by atoms with Crippen LogP contribution in [0.1, 0.15) is 10.4 Å². The zero-order valence-corrected chi connectivity index (χ0v) is 9.44. The first kappa shape index (κ1) is 11.8. The van der Waals surface area contributed by atoms with Crippen molar-refractivity contribution in [2.24, 2.45) is 0 Å². The average molecular weight is 247 g/mol. The molecule has 2 aromatic rings. The van der Waals surface area contributed by atoms with Crippen LogP contribution in [0.4, 0.5) is 5.69 Å². The predicted molar refractivity (Wildman–Crippen MR) is 61.6 cm³/mol. The van der Waals surface area contributed by atoms with E-state index >= 15 is 0 Å². The Kier molecular flexibility index (Phi) is 3.05. The van der Waals surface area contributed by atoms with Crippen molar-refractivity contribution in [2.75, 3.05) is 7.11 Å². The van der Waals surface area contributed by atoms with E-state index in [-0.39, 0.29) is 16.9 Å². The van der Waals surface area contributed by atoms with Crippen LogP contribution in [-0.2, 0) is 4.74 Å². The van der Waals surface area contributed by atoms with E-state index in [1.165, 1.54) is 36.2 Å². The summed E-state index contributed by atoms with van der Waals surface area (Å²) in [6.45, 7) is 0. The molecule has 1 aromatic carbocycles. The largest absolute Gasteiger partial charge is 0.465 e. The lowest BCUT2D eigenvalue weighted by molar-refractivity contribution is -0.385. The van der Waals surface area contributed by atoms with Gasteiger partial charge in [0, 0.05) is 12.4 Å². The summed E-state index contributed by atoms with van der Waals surface area (Å²) < 4.78 is 5.85. The smallest absolute Gasteiger partial charge is 0.344 e. The minimum absolute atomic E-state index is 0.101. The van der Waals surface area contributed by atoms with Gasteiger partial charge < -0.3 is 4.74 Å². The summed E-state index contributed by atoms with van der Waals surface area (Å²) in [6.07, 6.45) is 3.05. The Labute approximate surface area is 102 Å². The van der Waals surface area contributed by atoms with Crippen LogP contribution in [0.5, 0.6) is 0 Å². The third-order valence-corrected chi connectivity index (χ3v) is 2.35. The summed E-state index contributed by atoms with van der Waals surface area (Å²) in [5, 5.41) is 15.0. The number of benzene rings is 1. The number of nitro groups is 1. The zero-order valence-electron chi connectivity index (χ0n) is 9.44. The first-order valence-electron chi connectivity index (χ1n) is 5.01. The van der Waals surface area contributed by atoms with Crippen LogP contribution < -0.4 is 0 Å². The molecular formula is C11H9N3O4. The van der Waals surface area contributed by atoms with Gasteiger partial charge in [0.2, 0.25) is 0 Å². The molecule has 1 heterocycles. The van der Waals surface area contributed by atoms with Crippen molar-refractivity contribution < 1.29 is 14.5 Å².